The minimum atomic E-state index is -0.482. The number of rotatable bonds is 3. The van der Waals surface area contributed by atoms with Crippen LogP contribution in [0.15, 0.2) is 33.1 Å². The Bertz CT molecular complexity index is 729. The summed E-state index contributed by atoms with van der Waals surface area (Å²) in [5, 5.41) is 3.20. The molecule has 7 heteroatoms. The first kappa shape index (κ1) is 10.8. The highest BCUT2D eigenvalue weighted by atomic mass is 32.1. The fourth-order valence-electron chi connectivity index (χ4n) is 1.68. The molecule has 3 rings (SSSR count). The maximum atomic E-state index is 11.1. The van der Waals surface area contributed by atoms with Crippen LogP contribution in [0.4, 0.5) is 11.4 Å². The van der Waals surface area contributed by atoms with Crippen LogP contribution in [-0.2, 0) is 6.54 Å². The summed E-state index contributed by atoms with van der Waals surface area (Å²) < 4.78 is 4.93. The molecular weight excluding hydrogens is 252 g/mol. The van der Waals surface area contributed by atoms with E-state index in [-0.39, 0.29) is 0 Å². The van der Waals surface area contributed by atoms with E-state index in [9.17, 15) is 4.79 Å². The minimum absolute atomic E-state index is 0.459. The topological polar surface area (TPSA) is 96.9 Å². The standard InChI is InChI=1S/C11H10N4O2S/c12-7-1-10-9(15-11(16)17-10)2-8(7)14-4-6-3-13-5-18-6/h1-3,5,14H,4,12H2,(H,15,16). The monoisotopic (exact) mass is 262 g/mol. The van der Waals surface area contributed by atoms with Gasteiger partial charge in [0.1, 0.15) is 0 Å². The van der Waals surface area contributed by atoms with Gasteiger partial charge in [-0.1, -0.05) is 0 Å². The number of nitrogen functional groups attached to an aromatic ring is 1. The average molecular weight is 262 g/mol. The van der Waals surface area contributed by atoms with Crippen molar-refractivity contribution in [3.05, 3.63) is 39.3 Å². The van der Waals surface area contributed by atoms with Gasteiger partial charge < -0.3 is 15.5 Å². The van der Waals surface area contributed by atoms with E-state index in [2.05, 4.69) is 15.3 Å². The van der Waals surface area contributed by atoms with Crippen molar-refractivity contribution >= 4 is 33.8 Å². The third-order valence-electron chi connectivity index (χ3n) is 2.53. The molecule has 2 aromatic heterocycles. The fourth-order valence-corrected chi connectivity index (χ4v) is 2.21. The summed E-state index contributed by atoms with van der Waals surface area (Å²) in [5.74, 6) is -0.482. The molecule has 0 fully saturated rings. The van der Waals surface area contributed by atoms with Crippen LogP contribution in [0.3, 0.4) is 0 Å². The normalized spacial score (nSPS) is 10.9. The largest absolute Gasteiger partial charge is 0.417 e. The summed E-state index contributed by atoms with van der Waals surface area (Å²) in [4.78, 5) is 18.8. The summed E-state index contributed by atoms with van der Waals surface area (Å²) in [6.07, 6.45) is 1.80. The Balaban J connectivity index is 1.91. The number of fused-ring (bicyclic) bond motifs is 1. The summed E-state index contributed by atoms with van der Waals surface area (Å²) in [7, 11) is 0. The number of nitrogens with zero attached hydrogens (tertiary/aromatic N) is 1. The van der Waals surface area contributed by atoms with Crippen LogP contribution >= 0.6 is 11.3 Å². The van der Waals surface area contributed by atoms with Gasteiger partial charge in [0.25, 0.3) is 0 Å². The Morgan fingerprint density at radius 1 is 1.50 bits per heavy atom. The van der Waals surface area contributed by atoms with Gasteiger partial charge in [-0.05, 0) is 6.07 Å². The Kier molecular flexibility index (Phi) is 2.52. The quantitative estimate of drug-likeness (QED) is 0.625. The molecule has 18 heavy (non-hydrogen) atoms. The van der Waals surface area contributed by atoms with Gasteiger partial charge >= 0.3 is 5.76 Å². The highest BCUT2D eigenvalue weighted by molar-refractivity contribution is 7.09. The van der Waals surface area contributed by atoms with Crippen molar-refractivity contribution in [3.8, 4) is 0 Å². The number of thiazole rings is 1. The molecule has 92 valence electrons. The molecule has 0 bridgehead atoms. The lowest BCUT2D eigenvalue weighted by atomic mass is 10.2. The second-order valence-electron chi connectivity index (χ2n) is 3.77. The third-order valence-corrected chi connectivity index (χ3v) is 3.31. The maximum Gasteiger partial charge on any atom is 0.417 e. The molecule has 0 radical (unpaired) electrons. The number of hydrogen-bond acceptors (Lipinski definition) is 6. The van der Waals surface area contributed by atoms with E-state index in [0.29, 0.717) is 23.3 Å². The van der Waals surface area contributed by atoms with Gasteiger partial charge in [-0.3, -0.25) is 9.97 Å². The number of nitrogens with one attached hydrogen (secondary N) is 2. The minimum Gasteiger partial charge on any atom is -0.408 e. The Morgan fingerprint density at radius 2 is 2.39 bits per heavy atom. The highest BCUT2D eigenvalue weighted by Gasteiger charge is 2.06. The van der Waals surface area contributed by atoms with Gasteiger partial charge in [-0.15, -0.1) is 11.3 Å². The smallest absolute Gasteiger partial charge is 0.408 e. The van der Waals surface area contributed by atoms with E-state index in [1.165, 1.54) is 0 Å². The van der Waals surface area contributed by atoms with Crippen molar-refractivity contribution in [1.29, 1.82) is 0 Å². The Morgan fingerprint density at radius 3 is 3.17 bits per heavy atom. The summed E-state index contributed by atoms with van der Waals surface area (Å²) >= 11 is 1.57. The molecule has 0 spiro atoms. The van der Waals surface area contributed by atoms with Crippen LogP contribution in [0.1, 0.15) is 4.88 Å². The molecule has 0 aliphatic heterocycles. The zero-order valence-corrected chi connectivity index (χ0v) is 10.1. The second-order valence-corrected chi connectivity index (χ2v) is 4.74. The zero-order valence-electron chi connectivity index (χ0n) is 9.27. The third kappa shape index (κ3) is 1.95. The molecular formula is C11H10N4O2S. The number of oxazole rings is 1. The van der Waals surface area contributed by atoms with Crippen LogP contribution in [0.2, 0.25) is 0 Å². The highest BCUT2D eigenvalue weighted by Crippen LogP contribution is 2.25. The first-order chi connectivity index (χ1) is 8.72. The molecule has 4 N–H and O–H groups in total. The second kappa shape index (κ2) is 4.19. The average Bonchev–Trinajstić information content (AvgIpc) is 2.94. The van der Waals surface area contributed by atoms with E-state index in [1.807, 2.05) is 0 Å². The first-order valence-corrected chi connectivity index (χ1v) is 6.14. The first-order valence-electron chi connectivity index (χ1n) is 5.26. The van der Waals surface area contributed by atoms with E-state index in [1.54, 1.807) is 35.2 Å². The van der Waals surface area contributed by atoms with Gasteiger partial charge in [0.2, 0.25) is 0 Å². The lowest BCUT2D eigenvalue weighted by Gasteiger charge is -2.07. The molecule has 0 aliphatic carbocycles. The molecule has 0 saturated heterocycles. The van der Waals surface area contributed by atoms with Crippen LogP contribution in [-0.4, -0.2) is 9.97 Å². The van der Waals surface area contributed by atoms with Gasteiger partial charge in [-0.25, -0.2) is 4.79 Å². The lowest BCUT2D eigenvalue weighted by Crippen LogP contribution is -2.01. The van der Waals surface area contributed by atoms with Crippen molar-refractivity contribution in [2.45, 2.75) is 6.54 Å². The number of H-pyrrole nitrogens is 1. The lowest BCUT2D eigenvalue weighted by molar-refractivity contribution is 0.555. The molecule has 0 unspecified atom stereocenters. The van der Waals surface area contributed by atoms with Crippen LogP contribution in [0, 0.1) is 0 Å². The van der Waals surface area contributed by atoms with Crippen LogP contribution in [0.25, 0.3) is 11.1 Å². The summed E-state index contributed by atoms with van der Waals surface area (Å²) in [6, 6.07) is 3.39. The molecule has 0 atom stereocenters. The van der Waals surface area contributed by atoms with Crippen molar-refractivity contribution < 1.29 is 4.42 Å². The van der Waals surface area contributed by atoms with Gasteiger partial charge in [0, 0.05) is 17.1 Å². The van der Waals surface area contributed by atoms with Crippen LogP contribution in [0.5, 0.6) is 0 Å². The molecule has 3 aromatic rings. The van der Waals surface area contributed by atoms with Crippen molar-refractivity contribution in [1.82, 2.24) is 9.97 Å². The predicted octanol–water partition coefficient (Wildman–Crippen LogP) is 1.77. The molecule has 0 aliphatic rings. The molecule has 0 amide bonds. The summed E-state index contributed by atoms with van der Waals surface area (Å²) in [6.45, 7) is 0.641. The summed E-state index contributed by atoms with van der Waals surface area (Å²) in [5.41, 5.74) is 10.0. The number of aromatic nitrogens is 2. The number of nitrogens with two attached hydrogens (primary N) is 1. The SMILES string of the molecule is Nc1cc2oc(=O)[nH]c2cc1NCc1cncs1. The van der Waals surface area contributed by atoms with Crippen molar-refractivity contribution in [3.63, 3.8) is 0 Å². The van der Waals surface area contributed by atoms with E-state index in [0.717, 1.165) is 10.6 Å². The fraction of sp³-hybridized carbons (Fsp3) is 0.0909. The molecule has 1 aromatic carbocycles. The van der Waals surface area contributed by atoms with Gasteiger partial charge in [0.15, 0.2) is 5.58 Å². The predicted molar refractivity (Wildman–Crippen MR) is 70.7 cm³/mol. The molecule has 2 heterocycles. The van der Waals surface area contributed by atoms with E-state index in [4.69, 9.17) is 10.2 Å². The van der Waals surface area contributed by atoms with Gasteiger partial charge in [0.05, 0.1) is 28.9 Å². The number of benzene rings is 1. The maximum absolute atomic E-state index is 11.1. The Labute approximate surface area is 105 Å². The number of anilines is 2. The van der Waals surface area contributed by atoms with Crippen LogP contribution < -0.4 is 16.8 Å². The van der Waals surface area contributed by atoms with Gasteiger partial charge in [-0.2, -0.15) is 0 Å². The number of hydrogen-bond donors (Lipinski definition) is 3. The number of aromatic amines is 1. The van der Waals surface area contributed by atoms with Crippen molar-refractivity contribution in [2.75, 3.05) is 11.1 Å². The Hall–Kier alpha value is -2.28. The van der Waals surface area contributed by atoms with E-state index < -0.39 is 5.76 Å². The molecule has 0 saturated carbocycles. The molecule has 6 nitrogen and oxygen atoms in total. The van der Waals surface area contributed by atoms with Crippen molar-refractivity contribution in [2.24, 2.45) is 0 Å². The van der Waals surface area contributed by atoms with E-state index >= 15 is 0 Å². The zero-order chi connectivity index (χ0) is 12.5.